The van der Waals surface area contributed by atoms with Crippen LogP contribution in [-0.2, 0) is 14.8 Å². The number of sulfonamides is 1. The van der Waals surface area contributed by atoms with Gasteiger partial charge in [0.2, 0.25) is 15.9 Å². The number of amides is 1. The number of hydrogen-bond donors (Lipinski definition) is 1. The van der Waals surface area contributed by atoms with E-state index in [0.29, 0.717) is 10.7 Å². The Bertz CT molecular complexity index is 640. The Morgan fingerprint density at radius 1 is 1.22 bits per heavy atom. The van der Waals surface area contributed by atoms with Gasteiger partial charge in [-0.25, -0.2) is 8.42 Å². The lowest BCUT2D eigenvalue weighted by molar-refractivity contribution is -0.120. The smallest absolute Gasteiger partial charge is 0.240 e. The largest absolute Gasteiger partial charge is 0.352 e. The third-order valence-corrected chi connectivity index (χ3v) is 5.48. The summed E-state index contributed by atoms with van der Waals surface area (Å²) in [6, 6.07) is 6.76. The fourth-order valence-electron chi connectivity index (χ4n) is 2.86. The number of anilines is 1. The van der Waals surface area contributed by atoms with E-state index in [0.717, 1.165) is 36.2 Å². The van der Waals surface area contributed by atoms with Gasteiger partial charge >= 0.3 is 0 Å². The second-order valence-electron chi connectivity index (χ2n) is 5.98. The molecule has 0 spiro atoms. The summed E-state index contributed by atoms with van der Waals surface area (Å²) in [5.41, 5.74) is 0.327. The predicted octanol–water partition coefficient (Wildman–Crippen LogP) is 2.95. The van der Waals surface area contributed by atoms with Crippen LogP contribution in [0.15, 0.2) is 24.3 Å². The maximum atomic E-state index is 12.3. The van der Waals surface area contributed by atoms with Crippen LogP contribution in [0, 0.1) is 0 Å². The van der Waals surface area contributed by atoms with E-state index in [1.807, 2.05) is 0 Å². The zero-order valence-corrected chi connectivity index (χ0v) is 14.9. The van der Waals surface area contributed by atoms with Gasteiger partial charge in [-0.05, 0) is 25.0 Å². The molecule has 1 fully saturated rings. The number of carbonyl (C=O) groups is 1. The van der Waals surface area contributed by atoms with Crippen LogP contribution in [0.1, 0.15) is 38.5 Å². The van der Waals surface area contributed by atoms with Gasteiger partial charge in [-0.15, -0.1) is 0 Å². The molecule has 0 bridgehead atoms. The van der Waals surface area contributed by atoms with Crippen LogP contribution in [0.4, 0.5) is 5.69 Å². The zero-order chi connectivity index (χ0) is 16.9. The Balaban J connectivity index is 2.09. The lowest BCUT2D eigenvalue weighted by Gasteiger charge is -2.24. The summed E-state index contributed by atoms with van der Waals surface area (Å²) >= 11 is 6.08. The van der Waals surface area contributed by atoms with Crippen molar-refractivity contribution in [1.29, 1.82) is 0 Å². The van der Waals surface area contributed by atoms with E-state index in [1.165, 1.54) is 12.8 Å². The number of carbonyl (C=O) groups excluding carboxylic acids is 1. The van der Waals surface area contributed by atoms with Gasteiger partial charge in [0.15, 0.2) is 0 Å². The first-order chi connectivity index (χ1) is 10.9. The minimum atomic E-state index is -3.60. The van der Waals surface area contributed by atoms with Gasteiger partial charge in [0.1, 0.15) is 6.54 Å². The molecular weight excluding hydrogens is 336 g/mol. The fourth-order valence-corrected chi connectivity index (χ4v) is 4.02. The number of para-hydroxylation sites is 1. The van der Waals surface area contributed by atoms with Crippen LogP contribution < -0.4 is 9.62 Å². The molecule has 5 nitrogen and oxygen atoms in total. The van der Waals surface area contributed by atoms with Crippen molar-refractivity contribution in [1.82, 2.24) is 5.32 Å². The maximum absolute atomic E-state index is 12.3. The Kier molecular flexibility index (Phi) is 6.30. The summed E-state index contributed by atoms with van der Waals surface area (Å²) in [6.07, 6.45) is 7.59. The topological polar surface area (TPSA) is 66.5 Å². The maximum Gasteiger partial charge on any atom is 0.240 e. The number of benzene rings is 1. The van der Waals surface area contributed by atoms with Crippen LogP contribution in [0.5, 0.6) is 0 Å². The van der Waals surface area contributed by atoms with Crippen molar-refractivity contribution < 1.29 is 13.2 Å². The average Bonchev–Trinajstić information content (AvgIpc) is 2.73. The standard InChI is InChI=1S/C16H23ClN2O3S/c1-23(21,22)19(15-11-7-6-10-14(15)17)12-16(20)18-13-8-4-2-3-5-9-13/h6-7,10-11,13H,2-5,8-9,12H2,1H3,(H,18,20). The molecule has 23 heavy (non-hydrogen) atoms. The lowest BCUT2D eigenvalue weighted by Crippen LogP contribution is -2.44. The van der Waals surface area contributed by atoms with E-state index < -0.39 is 10.0 Å². The summed E-state index contributed by atoms with van der Waals surface area (Å²) in [5, 5.41) is 3.27. The zero-order valence-electron chi connectivity index (χ0n) is 13.3. The third-order valence-electron chi connectivity index (χ3n) is 4.03. The van der Waals surface area contributed by atoms with Gasteiger partial charge in [0.05, 0.1) is 17.0 Å². The molecule has 0 saturated heterocycles. The number of nitrogens with zero attached hydrogens (tertiary/aromatic N) is 1. The van der Waals surface area contributed by atoms with Crippen LogP contribution >= 0.6 is 11.6 Å². The Hall–Kier alpha value is -1.27. The Labute approximate surface area is 143 Å². The van der Waals surface area contributed by atoms with Gasteiger partial charge < -0.3 is 5.32 Å². The minimum absolute atomic E-state index is 0.137. The molecule has 128 valence electrons. The van der Waals surface area contributed by atoms with Gasteiger partial charge in [-0.1, -0.05) is 49.4 Å². The quantitative estimate of drug-likeness (QED) is 0.823. The lowest BCUT2D eigenvalue weighted by atomic mass is 10.1. The molecule has 0 radical (unpaired) electrons. The second kappa shape index (κ2) is 8.02. The van der Waals surface area contributed by atoms with Crippen molar-refractivity contribution in [3.63, 3.8) is 0 Å². The van der Waals surface area contributed by atoms with Crippen LogP contribution in [0.25, 0.3) is 0 Å². The van der Waals surface area contributed by atoms with E-state index in [-0.39, 0.29) is 18.5 Å². The summed E-state index contributed by atoms with van der Waals surface area (Å²) < 4.78 is 25.2. The summed E-state index contributed by atoms with van der Waals surface area (Å²) in [4.78, 5) is 12.3. The molecule has 0 unspecified atom stereocenters. The van der Waals surface area contributed by atoms with E-state index in [1.54, 1.807) is 24.3 Å². The van der Waals surface area contributed by atoms with Gasteiger partial charge in [0, 0.05) is 6.04 Å². The first-order valence-electron chi connectivity index (χ1n) is 7.89. The van der Waals surface area contributed by atoms with E-state index >= 15 is 0 Å². The molecule has 0 aromatic heterocycles. The molecule has 1 aliphatic carbocycles. The summed E-state index contributed by atoms with van der Waals surface area (Å²) in [7, 11) is -3.60. The Morgan fingerprint density at radius 3 is 2.39 bits per heavy atom. The molecule has 2 rings (SSSR count). The van der Waals surface area contributed by atoms with Gasteiger partial charge in [0.25, 0.3) is 0 Å². The Morgan fingerprint density at radius 2 is 1.83 bits per heavy atom. The summed E-state index contributed by atoms with van der Waals surface area (Å²) in [5.74, 6) is -0.290. The number of rotatable bonds is 5. The van der Waals surface area contributed by atoms with Gasteiger partial charge in [-0.3, -0.25) is 9.10 Å². The molecule has 1 N–H and O–H groups in total. The molecule has 0 heterocycles. The molecular formula is C16H23ClN2O3S. The molecule has 7 heteroatoms. The first-order valence-corrected chi connectivity index (χ1v) is 10.1. The van der Waals surface area contributed by atoms with E-state index in [9.17, 15) is 13.2 Å². The minimum Gasteiger partial charge on any atom is -0.352 e. The van der Waals surface area contributed by atoms with E-state index in [4.69, 9.17) is 11.6 Å². The second-order valence-corrected chi connectivity index (χ2v) is 8.29. The normalized spacial score (nSPS) is 16.6. The summed E-state index contributed by atoms with van der Waals surface area (Å²) in [6.45, 7) is -0.251. The van der Waals surface area contributed by atoms with Crippen LogP contribution in [0.3, 0.4) is 0 Å². The highest BCUT2D eigenvalue weighted by Crippen LogP contribution is 2.27. The fraction of sp³-hybridized carbons (Fsp3) is 0.562. The molecule has 1 aliphatic rings. The van der Waals surface area contributed by atoms with Crippen LogP contribution in [-0.4, -0.2) is 33.2 Å². The van der Waals surface area contributed by atoms with Crippen molar-refractivity contribution in [3.05, 3.63) is 29.3 Å². The molecule has 0 aliphatic heterocycles. The molecule has 0 atom stereocenters. The number of halogens is 1. The molecule has 1 saturated carbocycles. The number of nitrogens with one attached hydrogen (secondary N) is 1. The highest BCUT2D eigenvalue weighted by Gasteiger charge is 2.24. The van der Waals surface area contributed by atoms with Gasteiger partial charge in [-0.2, -0.15) is 0 Å². The monoisotopic (exact) mass is 358 g/mol. The average molecular weight is 359 g/mol. The van der Waals surface area contributed by atoms with Crippen molar-refractivity contribution in [2.45, 2.75) is 44.6 Å². The molecule has 1 aromatic rings. The predicted molar refractivity (Wildman–Crippen MR) is 93.3 cm³/mol. The van der Waals surface area contributed by atoms with Crippen molar-refractivity contribution in [2.75, 3.05) is 17.1 Å². The van der Waals surface area contributed by atoms with Crippen LogP contribution in [0.2, 0.25) is 5.02 Å². The highest BCUT2D eigenvalue weighted by molar-refractivity contribution is 7.92. The van der Waals surface area contributed by atoms with Crippen molar-refractivity contribution in [2.24, 2.45) is 0 Å². The SMILES string of the molecule is CS(=O)(=O)N(CC(=O)NC1CCCCCC1)c1ccccc1Cl. The van der Waals surface area contributed by atoms with Crippen molar-refractivity contribution >= 4 is 33.2 Å². The van der Waals surface area contributed by atoms with E-state index in [2.05, 4.69) is 5.32 Å². The first kappa shape index (κ1) is 18.1. The molecule has 1 amide bonds. The molecule has 1 aromatic carbocycles. The highest BCUT2D eigenvalue weighted by atomic mass is 35.5. The van der Waals surface area contributed by atoms with Crippen molar-refractivity contribution in [3.8, 4) is 0 Å². The third kappa shape index (κ3) is 5.39. The number of hydrogen-bond acceptors (Lipinski definition) is 3.